The van der Waals surface area contributed by atoms with Crippen LogP contribution < -0.4 is 15.4 Å². The van der Waals surface area contributed by atoms with E-state index in [1.807, 2.05) is 14.1 Å². The first kappa shape index (κ1) is 18.0. The van der Waals surface area contributed by atoms with Crippen LogP contribution in [0.1, 0.15) is 10.5 Å². The first-order chi connectivity index (χ1) is 11.5. The number of halogens is 1. The third-order valence-corrected chi connectivity index (χ3v) is 3.47. The number of hydrogen-bond donors (Lipinski definition) is 2. The first-order valence-electron chi connectivity index (χ1n) is 7.37. The average molecular weight is 350 g/mol. The van der Waals surface area contributed by atoms with Crippen LogP contribution in [0.5, 0.6) is 5.75 Å². The number of carbonyl (C=O) groups is 1. The van der Waals surface area contributed by atoms with Gasteiger partial charge in [0.2, 0.25) is 0 Å². The van der Waals surface area contributed by atoms with E-state index in [2.05, 4.69) is 25.7 Å². The minimum Gasteiger partial charge on any atom is -0.495 e. The summed E-state index contributed by atoms with van der Waals surface area (Å²) < 4.78 is 5.07. The summed E-state index contributed by atoms with van der Waals surface area (Å²) in [5, 5.41) is 14.2. The van der Waals surface area contributed by atoms with Crippen LogP contribution in [-0.2, 0) is 0 Å². The van der Waals surface area contributed by atoms with E-state index in [1.165, 1.54) is 7.11 Å². The monoisotopic (exact) mass is 349 g/mol. The number of nitrogens with zero attached hydrogens (tertiary/aromatic N) is 3. The maximum Gasteiger partial charge on any atom is 0.276 e. The van der Waals surface area contributed by atoms with Gasteiger partial charge in [0.05, 0.1) is 12.1 Å². The third-order valence-electron chi connectivity index (χ3n) is 3.17. The fourth-order valence-corrected chi connectivity index (χ4v) is 2.15. The minimum absolute atomic E-state index is 0.222. The maximum atomic E-state index is 12.2. The van der Waals surface area contributed by atoms with Crippen molar-refractivity contribution in [1.29, 1.82) is 0 Å². The second-order valence-corrected chi connectivity index (χ2v) is 5.74. The largest absolute Gasteiger partial charge is 0.495 e. The molecule has 0 spiro atoms. The van der Waals surface area contributed by atoms with Gasteiger partial charge >= 0.3 is 0 Å². The summed E-state index contributed by atoms with van der Waals surface area (Å²) >= 11 is 6.03. The van der Waals surface area contributed by atoms with Gasteiger partial charge in [-0.2, -0.15) is 0 Å². The highest BCUT2D eigenvalue weighted by Crippen LogP contribution is 2.27. The van der Waals surface area contributed by atoms with Gasteiger partial charge in [0.15, 0.2) is 5.69 Å². The van der Waals surface area contributed by atoms with Crippen molar-refractivity contribution in [2.24, 2.45) is 0 Å². The van der Waals surface area contributed by atoms with Gasteiger partial charge in [0.25, 0.3) is 5.91 Å². The van der Waals surface area contributed by atoms with Crippen LogP contribution in [0.2, 0.25) is 5.02 Å². The predicted molar refractivity (Wildman–Crippen MR) is 95.0 cm³/mol. The molecule has 0 unspecified atom stereocenters. The Morgan fingerprint density at radius 2 is 2.04 bits per heavy atom. The Labute approximate surface area is 146 Å². The lowest BCUT2D eigenvalue weighted by molar-refractivity contribution is 0.102. The molecule has 0 aliphatic carbocycles. The summed E-state index contributed by atoms with van der Waals surface area (Å²) in [7, 11) is 5.52. The minimum atomic E-state index is -0.358. The molecule has 1 amide bonds. The Morgan fingerprint density at radius 1 is 1.25 bits per heavy atom. The number of amides is 1. The number of hydrogen-bond acceptors (Lipinski definition) is 6. The SMILES string of the molecule is COc1ccc(NC(=O)c2ccc(NCCN(C)C)nn2)cc1Cl. The molecule has 0 atom stereocenters. The fraction of sp³-hybridized carbons (Fsp3) is 0.312. The van der Waals surface area contributed by atoms with Crippen molar-refractivity contribution in [3.8, 4) is 5.75 Å². The number of nitrogens with one attached hydrogen (secondary N) is 2. The van der Waals surface area contributed by atoms with E-state index >= 15 is 0 Å². The molecule has 0 radical (unpaired) electrons. The van der Waals surface area contributed by atoms with E-state index < -0.39 is 0 Å². The first-order valence-corrected chi connectivity index (χ1v) is 7.74. The molecule has 0 aliphatic heterocycles. The lowest BCUT2D eigenvalue weighted by Crippen LogP contribution is -2.21. The van der Waals surface area contributed by atoms with Crippen LogP contribution in [0, 0.1) is 0 Å². The van der Waals surface area contributed by atoms with Gasteiger partial charge in [-0.3, -0.25) is 4.79 Å². The predicted octanol–water partition coefficient (Wildman–Crippen LogP) is 2.36. The number of methoxy groups -OCH3 is 1. The van der Waals surface area contributed by atoms with Gasteiger partial charge in [-0.25, -0.2) is 0 Å². The standard InChI is InChI=1S/C16H20ClN5O2/c1-22(2)9-8-18-15-7-5-13(20-21-15)16(23)19-11-4-6-14(24-3)12(17)10-11/h4-7,10H,8-9H2,1-3H3,(H,18,21)(H,19,23). The topological polar surface area (TPSA) is 79.4 Å². The third kappa shape index (κ3) is 5.07. The second-order valence-electron chi connectivity index (χ2n) is 5.34. The van der Waals surface area contributed by atoms with Crippen LogP contribution in [0.25, 0.3) is 0 Å². The molecule has 1 aromatic carbocycles. The van der Waals surface area contributed by atoms with E-state index in [0.717, 1.165) is 13.1 Å². The number of benzene rings is 1. The molecule has 2 N–H and O–H groups in total. The lowest BCUT2D eigenvalue weighted by Gasteiger charge is -2.10. The molecule has 1 aromatic heterocycles. The van der Waals surface area contributed by atoms with Crippen LogP contribution in [0.15, 0.2) is 30.3 Å². The molecule has 128 valence electrons. The molecule has 2 aromatic rings. The van der Waals surface area contributed by atoms with Crippen molar-refractivity contribution in [3.05, 3.63) is 41.0 Å². The van der Waals surface area contributed by atoms with Crippen molar-refractivity contribution in [2.75, 3.05) is 44.9 Å². The maximum absolute atomic E-state index is 12.2. The summed E-state index contributed by atoms with van der Waals surface area (Å²) in [6.07, 6.45) is 0. The average Bonchev–Trinajstić information content (AvgIpc) is 2.55. The molecule has 0 aliphatic rings. The van der Waals surface area contributed by atoms with Gasteiger partial charge in [-0.05, 0) is 44.4 Å². The molecule has 0 bridgehead atoms. The zero-order valence-corrected chi connectivity index (χ0v) is 14.6. The summed E-state index contributed by atoms with van der Waals surface area (Å²) in [5.41, 5.74) is 0.779. The van der Waals surface area contributed by atoms with Crippen LogP contribution in [0.3, 0.4) is 0 Å². The van der Waals surface area contributed by atoms with E-state index in [1.54, 1.807) is 30.3 Å². The Balaban J connectivity index is 1.96. The van der Waals surface area contributed by atoms with Crippen LogP contribution in [-0.4, -0.2) is 55.3 Å². The van der Waals surface area contributed by atoms with E-state index in [-0.39, 0.29) is 11.6 Å². The van der Waals surface area contributed by atoms with Crippen molar-refractivity contribution in [3.63, 3.8) is 0 Å². The molecule has 0 saturated carbocycles. The summed E-state index contributed by atoms with van der Waals surface area (Å²) in [5.74, 6) is 0.812. The van der Waals surface area contributed by atoms with Gasteiger partial charge in [0, 0.05) is 18.8 Å². The number of likely N-dealkylation sites (N-methyl/N-ethyl adjacent to an activating group) is 1. The fourth-order valence-electron chi connectivity index (χ4n) is 1.89. The molecule has 0 fully saturated rings. The van der Waals surface area contributed by atoms with Gasteiger partial charge in [-0.1, -0.05) is 11.6 Å². The smallest absolute Gasteiger partial charge is 0.276 e. The molecular weight excluding hydrogens is 330 g/mol. The zero-order chi connectivity index (χ0) is 17.5. The van der Waals surface area contributed by atoms with Crippen LogP contribution in [0.4, 0.5) is 11.5 Å². The molecule has 24 heavy (non-hydrogen) atoms. The molecule has 8 heteroatoms. The summed E-state index contributed by atoms with van der Waals surface area (Å²) in [4.78, 5) is 14.2. The Bertz CT molecular complexity index is 691. The molecule has 0 saturated heterocycles. The van der Waals surface area contributed by atoms with Crippen molar-refractivity contribution in [2.45, 2.75) is 0 Å². The quantitative estimate of drug-likeness (QED) is 0.799. The number of carbonyl (C=O) groups excluding carboxylic acids is 1. The van der Waals surface area contributed by atoms with E-state index in [9.17, 15) is 4.79 Å². The Morgan fingerprint density at radius 3 is 2.62 bits per heavy atom. The number of ether oxygens (including phenoxy) is 1. The molecular formula is C16H20ClN5O2. The summed E-state index contributed by atoms with van der Waals surface area (Å²) in [6, 6.07) is 8.33. The second kappa shape index (κ2) is 8.47. The highest BCUT2D eigenvalue weighted by molar-refractivity contribution is 6.32. The number of anilines is 2. The lowest BCUT2D eigenvalue weighted by atomic mass is 10.3. The van der Waals surface area contributed by atoms with Crippen LogP contribution >= 0.6 is 11.6 Å². The molecule has 1 heterocycles. The van der Waals surface area contributed by atoms with Crippen molar-refractivity contribution in [1.82, 2.24) is 15.1 Å². The Kier molecular flexibility index (Phi) is 6.34. The van der Waals surface area contributed by atoms with Gasteiger partial charge in [-0.15, -0.1) is 10.2 Å². The highest BCUT2D eigenvalue weighted by Gasteiger charge is 2.10. The van der Waals surface area contributed by atoms with Crippen molar-refractivity contribution >= 4 is 29.0 Å². The number of rotatable bonds is 7. The van der Waals surface area contributed by atoms with Crippen molar-refractivity contribution < 1.29 is 9.53 Å². The molecule has 7 nitrogen and oxygen atoms in total. The highest BCUT2D eigenvalue weighted by atomic mass is 35.5. The van der Waals surface area contributed by atoms with Gasteiger partial charge in [0.1, 0.15) is 11.6 Å². The Hall–Kier alpha value is -2.38. The number of aromatic nitrogens is 2. The summed E-state index contributed by atoms with van der Waals surface area (Å²) in [6.45, 7) is 1.62. The normalized spacial score (nSPS) is 10.5. The van der Waals surface area contributed by atoms with E-state index in [4.69, 9.17) is 16.3 Å². The molecule has 2 rings (SSSR count). The zero-order valence-electron chi connectivity index (χ0n) is 13.8. The van der Waals surface area contributed by atoms with Gasteiger partial charge < -0.3 is 20.3 Å². The van der Waals surface area contributed by atoms with E-state index in [0.29, 0.717) is 22.3 Å².